The summed E-state index contributed by atoms with van der Waals surface area (Å²) >= 11 is 0. The fourth-order valence-electron chi connectivity index (χ4n) is 5.51. The Balaban J connectivity index is 1.57. The lowest BCUT2D eigenvalue weighted by Crippen LogP contribution is -2.49. The van der Waals surface area contributed by atoms with Gasteiger partial charge in [-0.05, 0) is 92.3 Å². The second kappa shape index (κ2) is 9.04. The van der Waals surface area contributed by atoms with E-state index >= 15 is 0 Å². The molecule has 2 aromatic carbocycles. The molecule has 0 aromatic heterocycles. The number of hydrogen-bond acceptors (Lipinski definition) is 3. The summed E-state index contributed by atoms with van der Waals surface area (Å²) < 4.78 is 63.0. The van der Waals surface area contributed by atoms with Crippen molar-refractivity contribution in [1.29, 1.82) is 0 Å². The molecule has 0 heterocycles. The average Bonchev–Trinajstić information content (AvgIpc) is 3.03. The van der Waals surface area contributed by atoms with Crippen molar-refractivity contribution in [1.82, 2.24) is 5.32 Å². The van der Waals surface area contributed by atoms with Gasteiger partial charge in [0.1, 0.15) is 0 Å². The first-order chi connectivity index (χ1) is 15.5. The van der Waals surface area contributed by atoms with E-state index in [1.54, 1.807) is 6.07 Å². The van der Waals surface area contributed by atoms with Gasteiger partial charge in [0.2, 0.25) is 10.0 Å². The van der Waals surface area contributed by atoms with Gasteiger partial charge in [0, 0.05) is 0 Å². The van der Waals surface area contributed by atoms with Gasteiger partial charge in [0.25, 0.3) is 0 Å². The van der Waals surface area contributed by atoms with Crippen LogP contribution in [0.4, 0.5) is 13.2 Å². The molecule has 180 valence electrons. The highest BCUT2D eigenvalue weighted by Gasteiger charge is 2.46. The summed E-state index contributed by atoms with van der Waals surface area (Å²) in [5.74, 6) is 0.393. The number of halogens is 3. The summed E-state index contributed by atoms with van der Waals surface area (Å²) in [7, 11) is -1.70. The lowest BCUT2D eigenvalue weighted by atomic mass is 9.79. The van der Waals surface area contributed by atoms with E-state index in [0.29, 0.717) is 37.7 Å². The number of sulfonamides is 1. The van der Waals surface area contributed by atoms with Gasteiger partial charge in [0.15, 0.2) is 0 Å². The number of alkyl halides is 3. The van der Waals surface area contributed by atoms with Crippen molar-refractivity contribution in [2.24, 2.45) is 11.1 Å². The highest BCUT2D eigenvalue weighted by Crippen LogP contribution is 2.44. The molecule has 1 fully saturated rings. The van der Waals surface area contributed by atoms with E-state index in [0.717, 1.165) is 31.0 Å². The molecule has 2 atom stereocenters. The molecule has 2 unspecified atom stereocenters. The lowest BCUT2D eigenvalue weighted by molar-refractivity contribution is -0.137. The Morgan fingerprint density at radius 3 is 2.48 bits per heavy atom. The summed E-state index contributed by atoms with van der Waals surface area (Å²) in [4.78, 5) is 0. The minimum atomic E-state index is -4.36. The largest absolute Gasteiger partial charge is 0.416 e. The third-order valence-electron chi connectivity index (χ3n) is 7.57. The Hall–Kier alpha value is -1.90. The van der Waals surface area contributed by atoms with Gasteiger partial charge in [-0.1, -0.05) is 42.8 Å². The average molecular weight is 481 g/mol. The number of primary sulfonamides is 1. The fourth-order valence-corrected chi connectivity index (χ4v) is 6.76. The normalized spacial score (nSPS) is 22.1. The minimum Gasteiger partial charge on any atom is -0.319 e. The van der Waals surface area contributed by atoms with Crippen LogP contribution in [0.15, 0.2) is 42.5 Å². The highest BCUT2D eigenvalue weighted by atomic mass is 32.2. The van der Waals surface area contributed by atoms with Crippen molar-refractivity contribution < 1.29 is 21.6 Å². The summed E-state index contributed by atoms with van der Waals surface area (Å²) in [6.45, 7) is 0.780. The van der Waals surface area contributed by atoms with E-state index in [1.807, 2.05) is 7.05 Å². The molecule has 4 rings (SSSR count). The second-order valence-electron chi connectivity index (χ2n) is 9.65. The third-order valence-corrected chi connectivity index (χ3v) is 9.39. The molecule has 2 aliphatic rings. The molecule has 1 saturated carbocycles. The van der Waals surface area contributed by atoms with E-state index in [2.05, 4.69) is 23.5 Å². The molecule has 0 bridgehead atoms. The first kappa shape index (κ1) is 24.2. The molecule has 0 radical (unpaired) electrons. The predicted octanol–water partition coefficient (Wildman–Crippen LogP) is 4.57. The van der Waals surface area contributed by atoms with Crippen molar-refractivity contribution >= 4 is 10.0 Å². The monoisotopic (exact) mass is 480 g/mol. The van der Waals surface area contributed by atoms with E-state index in [4.69, 9.17) is 5.14 Å². The van der Waals surface area contributed by atoms with Crippen LogP contribution in [0.3, 0.4) is 0 Å². The third kappa shape index (κ3) is 4.98. The Morgan fingerprint density at radius 1 is 1.12 bits per heavy atom. The van der Waals surface area contributed by atoms with Gasteiger partial charge in [-0.2, -0.15) is 13.2 Å². The van der Waals surface area contributed by atoms with Crippen LogP contribution < -0.4 is 10.5 Å². The van der Waals surface area contributed by atoms with Crippen LogP contribution >= 0.6 is 0 Å². The van der Waals surface area contributed by atoms with Crippen LogP contribution in [-0.2, 0) is 35.5 Å². The molecular formula is C25H31F3N2O2S. The number of hydrogen-bond donors (Lipinski definition) is 2. The molecule has 2 aromatic rings. The molecule has 3 N–H and O–H groups in total. The smallest absolute Gasteiger partial charge is 0.319 e. The van der Waals surface area contributed by atoms with Crippen LogP contribution in [0, 0.1) is 5.92 Å². The van der Waals surface area contributed by atoms with E-state index < -0.39 is 26.5 Å². The van der Waals surface area contributed by atoms with Crippen LogP contribution in [0.2, 0.25) is 0 Å². The molecular weight excluding hydrogens is 449 g/mol. The second-order valence-corrected chi connectivity index (χ2v) is 11.6. The minimum absolute atomic E-state index is 0.104. The Morgan fingerprint density at radius 2 is 1.88 bits per heavy atom. The van der Waals surface area contributed by atoms with Gasteiger partial charge >= 0.3 is 6.18 Å². The number of benzene rings is 2. The first-order valence-electron chi connectivity index (χ1n) is 11.5. The zero-order chi connectivity index (χ0) is 23.9. The fraction of sp³-hybridized carbons (Fsp3) is 0.520. The standard InChI is InChI=1S/C25H31F3N2O2S/c1-30-16-20-15-19-7-6-17(8-11-24(9-3-10-24)33(29,31)32)13-22(19)23(20)14-18-4-2-5-21(12-18)25(26,27)28/h2,4-7,12-13,20,23,30H,3,8-11,14-16H2,1H3,(H2,29,31,32). The Bertz CT molecular complexity index is 1110. The van der Waals surface area contributed by atoms with E-state index in [9.17, 15) is 21.6 Å². The number of nitrogens with one attached hydrogen (secondary N) is 1. The molecule has 0 saturated heterocycles. The Kier molecular flexibility index (Phi) is 6.64. The first-order valence-corrected chi connectivity index (χ1v) is 13.0. The topological polar surface area (TPSA) is 72.2 Å². The van der Waals surface area contributed by atoms with Gasteiger partial charge < -0.3 is 5.32 Å². The summed E-state index contributed by atoms with van der Waals surface area (Å²) in [5, 5.41) is 8.74. The zero-order valence-electron chi connectivity index (χ0n) is 18.8. The van der Waals surface area contributed by atoms with Gasteiger partial charge in [-0.25, -0.2) is 13.6 Å². The zero-order valence-corrected chi connectivity index (χ0v) is 19.6. The van der Waals surface area contributed by atoms with Gasteiger partial charge in [0.05, 0.1) is 10.3 Å². The maximum atomic E-state index is 13.2. The molecule has 0 amide bonds. The SMILES string of the molecule is CNCC1Cc2ccc(CCC3(S(N)(=O)=O)CCC3)cc2C1Cc1cccc(C(F)(F)F)c1. The van der Waals surface area contributed by atoms with E-state index in [-0.39, 0.29) is 11.8 Å². The van der Waals surface area contributed by atoms with Crippen LogP contribution in [0.1, 0.15) is 59.4 Å². The molecule has 33 heavy (non-hydrogen) atoms. The number of aryl methyl sites for hydroxylation is 1. The van der Waals surface area contributed by atoms with Crippen molar-refractivity contribution in [2.75, 3.05) is 13.6 Å². The van der Waals surface area contributed by atoms with Crippen LogP contribution in [0.25, 0.3) is 0 Å². The van der Waals surface area contributed by atoms with Crippen molar-refractivity contribution in [2.45, 2.75) is 61.8 Å². The number of fused-ring (bicyclic) bond motifs is 1. The van der Waals surface area contributed by atoms with Crippen LogP contribution in [0.5, 0.6) is 0 Å². The van der Waals surface area contributed by atoms with E-state index in [1.165, 1.54) is 23.3 Å². The molecule has 0 aliphatic heterocycles. The molecule has 0 spiro atoms. The molecule has 4 nitrogen and oxygen atoms in total. The van der Waals surface area contributed by atoms with Crippen molar-refractivity contribution in [3.63, 3.8) is 0 Å². The molecule has 8 heteroatoms. The maximum absolute atomic E-state index is 13.2. The Labute approximate surface area is 193 Å². The van der Waals surface area contributed by atoms with Crippen LogP contribution in [-0.4, -0.2) is 26.8 Å². The maximum Gasteiger partial charge on any atom is 0.416 e. The quantitative estimate of drug-likeness (QED) is 0.582. The summed E-state index contributed by atoms with van der Waals surface area (Å²) in [6, 6.07) is 11.9. The van der Waals surface area contributed by atoms with Crippen molar-refractivity contribution in [3.8, 4) is 0 Å². The highest BCUT2D eigenvalue weighted by molar-refractivity contribution is 7.90. The number of rotatable bonds is 8. The predicted molar refractivity (Wildman–Crippen MR) is 123 cm³/mol. The summed E-state index contributed by atoms with van der Waals surface area (Å²) in [6.07, 6.45) is 0.278. The lowest BCUT2D eigenvalue weighted by Gasteiger charge is -2.39. The summed E-state index contributed by atoms with van der Waals surface area (Å²) in [5.41, 5.74) is 3.51. The number of nitrogens with two attached hydrogens (primary N) is 1. The van der Waals surface area contributed by atoms with Crippen molar-refractivity contribution in [3.05, 3.63) is 70.3 Å². The molecule has 2 aliphatic carbocycles. The van der Waals surface area contributed by atoms with Gasteiger partial charge in [-0.3, -0.25) is 0 Å². The van der Waals surface area contributed by atoms with Gasteiger partial charge in [-0.15, -0.1) is 0 Å².